The minimum Gasteiger partial charge on any atom is -0.321 e. The lowest BCUT2D eigenvalue weighted by molar-refractivity contribution is 0.631. The number of fused-ring (bicyclic) bond motifs is 1. The van der Waals surface area contributed by atoms with Crippen LogP contribution in [0, 0.1) is 17.1 Å². The Labute approximate surface area is 127 Å². The van der Waals surface area contributed by atoms with Crippen molar-refractivity contribution in [1.29, 1.82) is 5.26 Å². The number of hydrogen-bond acceptors (Lipinski definition) is 2. The molecule has 0 aliphatic rings. The molecule has 3 aromatic rings. The third-order valence-electron chi connectivity index (χ3n) is 3.23. The van der Waals surface area contributed by atoms with Crippen molar-refractivity contribution in [3.63, 3.8) is 0 Å². The van der Waals surface area contributed by atoms with Crippen molar-refractivity contribution in [2.75, 3.05) is 0 Å². The van der Waals surface area contributed by atoms with E-state index in [2.05, 4.69) is 20.9 Å². The molecule has 0 aliphatic heterocycles. The van der Waals surface area contributed by atoms with E-state index in [4.69, 9.17) is 0 Å². The third-order valence-corrected chi connectivity index (χ3v) is 3.72. The molecule has 3 rings (SSSR count). The molecule has 3 nitrogen and oxygen atoms in total. The second-order valence-electron chi connectivity index (χ2n) is 4.49. The first kappa shape index (κ1) is 13.5. The van der Waals surface area contributed by atoms with Crippen molar-refractivity contribution >= 4 is 26.8 Å². The fraction of sp³-hybridized carbons (Fsp3) is 0. The monoisotopic (exact) mass is 342 g/mol. The molecule has 2 aromatic carbocycles. The summed E-state index contributed by atoms with van der Waals surface area (Å²) in [5.41, 5.74) is 0.497. The summed E-state index contributed by atoms with van der Waals surface area (Å²) < 4.78 is 14.9. The lowest BCUT2D eigenvalue weighted by Crippen LogP contribution is -2.12. The highest BCUT2D eigenvalue weighted by Gasteiger charge is 2.17. The Morgan fingerprint density at radius 2 is 1.95 bits per heavy atom. The van der Waals surface area contributed by atoms with Gasteiger partial charge in [0.15, 0.2) is 0 Å². The molecule has 0 fully saturated rings. The van der Waals surface area contributed by atoms with Gasteiger partial charge in [-0.05, 0) is 18.2 Å². The molecular formula is C16H8BrFN2O. The minimum absolute atomic E-state index is 0.0880. The molecule has 21 heavy (non-hydrogen) atoms. The number of rotatable bonds is 1. The van der Waals surface area contributed by atoms with E-state index >= 15 is 0 Å². The van der Waals surface area contributed by atoms with Gasteiger partial charge < -0.3 is 4.98 Å². The van der Waals surface area contributed by atoms with E-state index in [-0.39, 0.29) is 11.1 Å². The first-order valence-corrected chi connectivity index (χ1v) is 6.91. The van der Waals surface area contributed by atoms with Gasteiger partial charge in [0.05, 0.1) is 5.52 Å². The summed E-state index contributed by atoms with van der Waals surface area (Å²) in [5, 5.41) is 9.89. The predicted octanol–water partition coefficient (Wildman–Crippen LogP) is 3.97. The van der Waals surface area contributed by atoms with Crippen molar-refractivity contribution in [3.05, 3.63) is 68.7 Å². The maximum atomic E-state index is 14.1. The van der Waals surface area contributed by atoms with E-state index in [1.165, 1.54) is 6.07 Å². The van der Waals surface area contributed by atoms with Gasteiger partial charge in [0, 0.05) is 21.0 Å². The molecule has 0 aliphatic carbocycles. The van der Waals surface area contributed by atoms with Crippen LogP contribution in [-0.2, 0) is 0 Å². The van der Waals surface area contributed by atoms with E-state index in [9.17, 15) is 14.4 Å². The molecule has 0 unspecified atom stereocenters. The van der Waals surface area contributed by atoms with Crippen molar-refractivity contribution in [2.45, 2.75) is 0 Å². The molecule has 1 heterocycles. The highest BCUT2D eigenvalue weighted by molar-refractivity contribution is 9.10. The predicted molar refractivity (Wildman–Crippen MR) is 82.4 cm³/mol. The van der Waals surface area contributed by atoms with Crippen molar-refractivity contribution in [2.24, 2.45) is 0 Å². The fourth-order valence-electron chi connectivity index (χ4n) is 2.32. The number of halogens is 2. The topological polar surface area (TPSA) is 56.6 Å². The first-order chi connectivity index (χ1) is 10.1. The molecule has 102 valence electrons. The number of H-pyrrole nitrogens is 1. The quantitative estimate of drug-likeness (QED) is 0.727. The van der Waals surface area contributed by atoms with E-state index in [1.54, 1.807) is 36.4 Å². The SMILES string of the molecule is N#Cc1c(-c2ccccc2F)c2ccc(Br)cc2[nH]c1=O. The highest BCUT2D eigenvalue weighted by Crippen LogP contribution is 2.32. The Bertz CT molecular complexity index is 957. The summed E-state index contributed by atoms with van der Waals surface area (Å²) in [5.74, 6) is -0.469. The van der Waals surface area contributed by atoms with Crippen LogP contribution in [0.3, 0.4) is 0 Å². The largest absolute Gasteiger partial charge is 0.321 e. The Morgan fingerprint density at radius 1 is 1.19 bits per heavy atom. The molecule has 0 bridgehead atoms. The first-order valence-electron chi connectivity index (χ1n) is 6.12. The van der Waals surface area contributed by atoms with Crippen LogP contribution in [0.15, 0.2) is 51.7 Å². The molecular weight excluding hydrogens is 335 g/mol. The zero-order valence-electron chi connectivity index (χ0n) is 10.7. The second-order valence-corrected chi connectivity index (χ2v) is 5.40. The number of nitrogens with zero attached hydrogens (tertiary/aromatic N) is 1. The summed E-state index contributed by atoms with van der Waals surface area (Å²) in [7, 11) is 0. The van der Waals surface area contributed by atoms with Gasteiger partial charge in [0.25, 0.3) is 5.56 Å². The molecule has 1 aromatic heterocycles. The van der Waals surface area contributed by atoms with Crippen LogP contribution in [0.1, 0.15) is 5.56 Å². The van der Waals surface area contributed by atoms with Crippen molar-refractivity contribution < 1.29 is 4.39 Å². The van der Waals surface area contributed by atoms with Gasteiger partial charge in [-0.25, -0.2) is 4.39 Å². The van der Waals surface area contributed by atoms with E-state index < -0.39 is 11.4 Å². The summed E-state index contributed by atoms with van der Waals surface area (Å²) in [6.07, 6.45) is 0. The maximum absolute atomic E-state index is 14.1. The van der Waals surface area contributed by atoms with E-state index in [0.29, 0.717) is 16.5 Å². The summed E-state index contributed by atoms with van der Waals surface area (Å²) in [4.78, 5) is 14.7. The molecule has 5 heteroatoms. The average molecular weight is 343 g/mol. The van der Waals surface area contributed by atoms with E-state index in [1.807, 2.05) is 6.07 Å². The fourth-order valence-corrected chi connectivity index (χ4v) is 2.68. The normalized spacial score (nSPS) is 10.5. The third kappa shape index (κ3) is 2.24. The summed E-state index contributed by atoms with van der Waals surface area (Å²) >= 11 is 3.33. The van der Waals surface area contributed by atoms with Crippen LogP contribution in [0.4, 0.5) is 4.39 Å². The number of hydrogen-bond donors (Lipinski definition) is 1. The molecule has 0 spiro atoms. The average Bonchev–Trinajstić information content (AvgIpc) is 2.46. The number of benzene rings is 2. The number of pyridine rings is 1. The Kier molecular flexibility index (Phi) is 3.32. The second kappa shape index (κ2) is 5.15. The Hall–Kier alpha value is -2.45. The maximum Gasteiger partial charge on any atom is 0.266 e. The lowest BCUT2D eigenvalue weighted by atomic mass is 9.96. The van der Waals surface area contributed by atoms with Crippen LogP contribution in [0.2, 0.25) is 0 Å². The van der Waals surface area contributed by atoms with Crippen LogP contribution in [0.25, 0.3) is 22.0 Å². The minimum atomic E-state index is -0.527. The number of aromatic amines is 1. The number of aromatic nitrogens is 1. The van der Waals surface area contributed by atoms with Crippen molar-refractivity contribution in [1.82, 2.24) is 4.98 Å². The highest BCUT2D eigenvalue weighted by atomic mass is 79.9. The number of nitrogens with one attached hydrogen (secondary N) is 1. The standard InChI is InChI=1S/C16H8BrFN2O/c17-9-5-6-11-14(7-9)20-16(21)12(8-19)15(11)10-3-1-2-4-13(10)18/h1-7H,(H,20,21). The van der Waals surface area contributed by atoms with Gasteiger partial charge in [0.2, 0.25) is 0 Å². The Morgan fingerprint density at radius 3 is 2.67 bits per heavy atom. The smallest absolute Gasteiger partial charge is 0.266 e. The summed E-state index contributed by atoms with van der Waals surface area (Å²) in [6.45, 7) is 0. The molecule has 0 radical (unpaired) electrons. The van der Waals surface area contributed by atoms with Gasteiger partial charge in [0.1, 0.15) is 17.4 Å². The molecule has 1 N–H and O–H groups in total. The van der Waals surface area contributed by atoms with Crippen LogP contribution >= 0.6 is 15.9 Å². The van der Waals surface area contributed by atoms with Gasteiger partial charge >= 0.3 is 0 Å². The van der Waals surface area contributed by atoms with Gasteiger partial charge in [-0.2, -0.15) is 5.26 Å². The van der Waals surface area contributed by atoms with Crippen molar-refractivity contribution in [3.8, 4) is 17.2 Å². The molecule has 0 saturated carbocycles. The van der Waals surface area contributed by atoms with Gasteiger partial charge in [-0.3, -0.25) is 4.79 Å². The van der Waals surface area contributed by atoms with Gasteiger partial charge in [-0.1, -0.05) is 40.2 Å². The molecule has 0 atom stereocenters. The zero-order valence-corrected chi connectivity index (χ0v) is 12.2. The number of nitriles is 1. The van der Waals surface area contributed by atoms with Gasteiger partial charge in [-0.15, -0.1) is 0 Å². The molecule has 0 amide bonds. The summed E-state index contributed by atoms with van der Waals surface area (Å²) in [6, 6.07) is 13.2. The molecule has 0 saturated heterocycles. The zero-order chi connectivity index (χ0) is 15.0. The Balaban J connectivity index is 2.54. The van der Waals surface area contributed by atoms with Crippen LogP contribution in [-0.4, -0.2) is 4.98 Å². The lowest BCUT2D eigenvalue weighted by Gasteiger charge is -2.10. The van der Waals surface area contributed by atoms with Crippen LogP contribution < -0.4 is 5.56 Å². The van der Waals surface area contributed by atoms with E-state index in [0.717, 1.165) is 4.47 Å². The van der Waals surface area contributed by atoms with Crippen LogP contribution in [0.5, 0.6) is 0 Å².